The maximum absolute atomic E-state index is 12.9. The highest BCUT2D eigenvalue weighted by Gasteiger charge is 2.29. The van der Waals surface area contributed by atoms with Crippen LogP contribution in [0.1, 0.15) is 26.2 Å². The summed E-state index contributed by atoms with van der Waals surface area (Å²) < 4.78 is 4.83. The number of piperidine rings is 1. The number of methoxy groups -OCH3 is 1. The van der Waals surface area contributed by atoms with E-state index in [4.69, 9.17) is 4.74 Å². The van der Waals surface area contributed by atoms with Crippen LogP contribution in [-0.2, 0) is 14.3 Å². The monoisotopic (exact) mass is 362 g/mol. The zero-order chi connectivity index (χ0) is 17.8. The molecule has 0 saturated carbocycles. The summed E-state index contributed by atoms with van der Waals surface area (Å²) in [6.07, 6.45) is 2.53. The molecule has 1 fully saturated rings. The van der Waals surface area contributed by atoms with Crippen molar-refractivity contribution in [1.82, 2.24) is 4.90 Å². The van der Waals surface area contributed by atoms with Gasteiger partial charge in [0.05, 0.1) is 25.3 Å². The Morgan fingerprint density at radius 1 is 1.16 bits per heavy atom. The SMILES string of the molecule is COC(=O)C1CCN(CC(=O)N2CC[C@@H](C)Sc3ccccc32)CC1. The Morgan fingerprint density at radius 3 is 2.60 bits per heavy atom. The van der Waals surface area contributed by atoms with Crippen molar-refractivity contribution in [2.45, 2.75) is 36.3 Å². The number of ether oxygens (including phenoxy) is 1. The lowest BCUT2D eigenvalue weighted by molar-refractivity contribution is -0.147. The first-order chi connectivity index (χ1) is 12.1. The third kappa shape index (κ3) is 4.36. The third-order valence-electron chi connectivity index (χ3n) is 5.03. The second-order valence-corrected chi connectivity index (χ2v) is 8.28. The van der Waals surface area contributed by atoms with E-state index in [1.807, 2.05) is 34.9 Å². The molecule has 0 bridgehead atoms. The van der Waals surface area contributed by atoms with E-state index in [1.54, 1.807) is 0 Å². The summed E-state index contributed by atoms with van der Waals surface area (Å²) in [7, 11) is 1.44. The van der Waals surface area contributed by atoms with Crippen LogP contribution < -0.4 is 4.90 Å². The molecule has 2 aliphatic rings. The maximum atomic E-state index is 12.9. The first kappa shape index (κ1) is 18.3. The van der Waals surface area contributed by atoms with E-state index in [0.717, 1.165) is 44.6 Å². The summed E-state index contributed by atoms with van der Waals surface area (Å²) in [6, 6.07) is 8.17. The van der Waals surface area contributed by atoms with Crippen molar-refractivity contribution in [2.24, 2.45) is 5.92 Å². The van der Waals surface area contributed by atoms with E-state index in [-0.39, 0.29) is 17.8 Å². The molecule has 1 aromatic rings. The average molecular weight is 362 g/mol. The van der Waals surface area contributed by atoms with Crippen molar-refractivity contribution in [3.8, 4) is 0 Å². The molecule has 0 aromatic heterocycles. The van der Waals surface area contributed by atoms with Gasteiger partial charge in [0.25, 0.3) is 0 Å². The van der Waals surface area contributed by atoms with Crippen molar-refractivity contribution in [2.75, 3.05) is 38.2 Å². The molecular weight excluding hydrogens is 336 g/mol. The first-order valence-corrected chi connectivity index (χ1v) is 9.82. The van der Waals surface area contributed by atoms with E-state index in [0.29, 0.717) is 11.8 Å². The fourth-order valence-corrected chi connectivity index (χ4v) is 4.63. The van der Waals surface area contributed by atoms with Gasteiger partial charge in [-0.3, -0.25) is 14.5 Å². The van der Waals surface area contributed by atoms with Crippen LogP contribution in [0, 0.1) is 5.92 Å². The minimum atomic E-state index is -0.126. The number of esters is 1. The van der Waals surface area contributed by atoms with E-state index in [2.05, 4.69) is 17.9 Å². The number of hydrogen-bond donors (Lipinski definition) is 0. The predicted molar refractivity (Wildman–Crippen MR) is 99.9 cm³/mol. The van der Waals surface area contributed by atoms with Crippen LogP contribution in [0.4, 0.5) is 5.69 Å². The maximum Gasteiger partial charge on any atom is 0.308 e. The van der Waals surface area contributed by atoms with Gasteiger partial charge in [0.15, 0.2) is 0 Å². The van der Waals surface area contributed by atoms with Crippen molar-refractivity contribution in [3.63, 3.8) is 0 Å². The van der Waals surface area contributed by atoms with E-state index in [9.17, 15) is 9.59 Å². The van der Waals surface area contributed by atoms with Crippen LogP contribution in [0.3, 0.4) is 0 Å². The molecule has 6 heteroatoms. The van der Waals surface area contributed by atoms with Gasteiger partial charge < -0.3 is 9.64 Å². The number of amides is 1. The van der Waals surface area contributed by atoms with Crippen molar-refractivity contribution < 1.29 is 14.3 Å². The molecule has 1 atom stereocenters. The summed E-state index contributed by atoms with van der Waals surface area (Å²) in [5.74, 6) is 0.00427. The molecule has 0 N–H and O–H groups in total. The van der Waals surface area contributed by atoms with Crippen LogP contribution in [-0.4, -0.2) is 55.3 Å². The van der Waals surface area contributed by atoms with E-state index >= 15 is 0 Å². The van der Waals surface area contributed by atoms with Gasteiger partial charge in [-0.1, -0.05) is 19.1 Å². The number of nitrogens with zero attached hydrogens (tertiary/aromatic N) is 2. The third-order valence-corrected chi connectivity index (χ3v) is 6.26. The summed E-state index contributed by atoms with van der Waals surface area (Å²) in [6.45, 7) is 4.94. The van der Waals surface area contributed by atoms with Gasteiger partial charge in [-0.15, -0.1) is 11.8 Å². The second-order valence-electron chi connectivity index (χ2n) is 6.80. The summed E-state index contributed by atoms with van der Waals surface area (Å²) in [5.41, 5.74) is 1.03. The number of thioether (sulfide) groups is 1. The second kappa shape index (κ2) is 8.23. The normalized spacial score (nSPS) is 22.2. The Bertz CT molecular complexity index is 629. The zero-order valence-electron chi connectivity index (χ0n) is 14.9. The number of benzene rings is 1. The molecule has 5 nitrogen and oxygen atoms in total. The topological polar surface area (TPSA) is 49.9 Å². The van der Waals surface area contributed by atoms with Gasteiger partial charge in [0.2, 0.25) is 5.91 Å². The fourth-order valence-electron chi connectivity index (χ4n) is 3.52. The molecule has 0 aliphatic carbocycles. The van der Waals surface area contributed by atoms with Crippen molar-refractivity contribution in [3.05, 3.63) is 24.3 Å². The summed E-state index contributed by atoms with van der Waals surface area (Å²) >= 11 is 1.85. The highest BCUT2D eigenvalue weighted by atomic mass is 32.2. The number of carbonyl (C=O) groups excluding carboxylic acids is 2. The minimum Gasteiger partial charge on any atom is -0.469 e. The zero-order valence-corrected chi connectivity index (χ0v) is 15.8. The van der Waals surface area contributed by atoms with Crippen LogP contribution in [0.2, 0.25) is 0 Å². The van der Waals surface area contributed by atoms with Gasteiger partial charge in [0, 0.05) is 16.7 Å². The van der Waals surface area contributed by atoms with E-state index < -0.39 is 0 Å². The van der Waals surface area contributed by atoms with Crippen molar-refractivity contribution >= 4 is 29.3 Å². The van der Waals surface area contributed by atoms with Gasteiger partial charge in [0.1, 0.15) is 0 Å². The lowest BCUT2D eigenvalue weighted by Crippen LogP contribution is -2.45. The molecule has 1 aromatic carbocycles. The Hall–Kier alpha value is -1.53. The highest BCUT2D eigenvalue weighted by molar-refractivity contribution is 8.00. The average Bonchev–Trinajstić information content (AvgIpc) is 2.79. The number of anilines is 1. The molecule has 136 valence electrons. The number of fused-ring (bicyclic) bond motifs is 1. The summed E-state index contributed by atoms with van der Waals surface area (Å²) in [5, 5.41) is 0.509. The molecule has 3 rings (SSSR count). The molecule has 2 aliphatic heterocycles. The minimum absolute atomic E-state index is 0.0208. The fraction of sp³-hybridized carbons (Fsp3) is 0.579. The molecule has 1 amide bonds. The number of carbonyl (C=O) groups is 2. The van der Waals surface area contributed by atoms with Crippen LogP contribution in [0.5, 0.6) is 0 Å². The van der Waals surface area contributed by atoms with Gasteiger partial charge in [-0.2, -0.15) is 0 Å². The number of rotatable bonds is 3. The Balaban J connectivity index is 1.63. The molecule has 2 heterocycles. The van der Waals surface area contributed by atoms with Crippen LogP contribution in [0.15, 0.2) is 29.2 Å². The van der Waals surface area contributed by atoms with Crippen LogP contribution in [0.25, 0.3) is 0 Å². The molecule has 0 unspecified atom stereocenters. The Kier molecular flexibility index (Phi) is 6.02. The molecular formula is C19H26N2O3S. The Labute approximate surface area is 153 Å². The molecule has 25 heavy (non-hydrogen) atoms. The molecule has 0 spiro atoms. The molecule has 1 saturated heterocycles. The number of para-hydroxylation sites is 1. The number of likely N-dealkylation sites (tertiary alicyclic amines) is 1. The quantitative estimate of drug-likeness (QED) is 0.774. The lowest BCUT2D eigenvalue weighted by atomic mass is 9.97. The molecule has 0 radical (unpaired) electrons. The van der Waals surface area contributed by atoms with Crippen LogP contribution >= 0.6 is 11.8 Å². The standard InChI is InChI=1S/C19H26N2O3S/c1-14-7-12-21(16-5-3-4-6-17(16)25-14)18(22)13-20-10-8-15(9-11-20)19(23)24-2/h3-6,14-15H,7-13H2,1-2H3/t14-/m1/s1. The van der Waals surface area contributed by atoms with E-state index in [1.165, 1.54) is 12.0 Å². The van der Waals surface area contributed by atoms with Gasteiger partial charge in [-0.05, 0) is 44.5 Å². The number of hydrogen-bond acceptors (Lipinski definition) is 5. The van der Waals surface area contributed by atoms with Gasteiger partial charge in [-0.25, -0.2) is 0 Å². The van der Waals surface area contributed by atoms with Gasteiger partial charge >= 0.3 is 5.97 Å². The Morgan fingerprint density at radius 2 is 1.88 bits per heavy atom. The van der Waals surface area contributed by atoms with Crippen molar-refractivity contribution in [1.29, 1.82) is 0 Å². The smallest absolute Gasteiger partial charge is 0.308 e. The summed E-state index contributed by atoms with van der Waals surface area (Å²) in [4.78, 5) is 29.9. The highest BCUT2D eigenvalue weighted by Crippen LogP contribution is 2.37. The lowest BCUT2D eigenvalue weighted by Gasteiger charge is -2.32. The first-order valence-electron chi connectivity index (χ1n) is 8.94. The predicted octanol–water partition coefficient (Wildman–Crippen LogP) is 2.79. The largest absolute Gasteiger partial charge is 0.469 e.